The number of carbonyl (C=O) groups excluding carboxylic acids is 2. The first-order valence-corrected chi connectivity index (χ1v) is 10.6. The summed E-state index contributed by atoms with van der Waals surface area (Å²) in [6.07, 6.45) is 5.11. The van der Waals surface area contributed by atoms with Gasteiger partial charge in [-0.05, 0) is 44.6 Å². The quantitative estimate of drug-likeness (QED) is 0.687. The molecule has 29 heavy (non-hydrogen) atoms. The fraction of sp³-hybridized carbons (Fsp3) is 0.545. The Morgan fingerprint density at radius 3 is 2.66 bits per heavy atom. The first kappa shape index (κ1) is 21.0. The van der Waals surface area contributed by atoms with E-state index in [9.17, 15) is 9.59 Å². The summed E-state index contributed by atoms with van der Waals surface area (Å²) in [7, 11) is 0. The number of likely N-dealkylation sites (tertiary alicyclic amines) is 1. The van der Waals surface area contributed by atoms with Gasteiger partial charge >= 0.3 is 0 Å². The van der Waals surface area contributed by atoms with Crippen molar-refractivity contribution in [3.05, 3.63) is 47.8 Å². The fourth-order valence-electron chi connectivity index (χ4n) is 3.92. The summed E-state index contributed by atoms with van der Waals surface area (Å²) < 4.78 is 1.75. The van der Waals surface area contributed by atoms with Gasteiger partial charge in [0.05, 0.1) is 6.20 Å². The van der Waals surface area contributed by atoms with Gasteiger partial charge in [-0.3, -0.25) is 14.3 Å². The van der Waals surface area contributed by atoms with E-state index in [-0.39, 0.29) is 11.8 Å². The van der Waals surface area contributed by atoms with Gasteiger partial charge in [0.2, 0.25) is 5.91 Å². The molecule has 1 saturated heterocycles. The monoisotopic (exact) mass is 397 g/mol. The molecule has 2 heterocycles. The molecular weight excluding hydrogens is 366 g/mol. The summed E-state index contributed by atoms with van der Waals surface area (Å²) in [6, 6.07) is 10.1. The van der Waals surface area contributed by atoms with Gasteiger partial charge in [0.15, 0.2) is 5.69 Å². The molecule has 7 nitrogen and oxygen atoms in total. The van der Waals surface area contributed by atoms with Crippen LogP contribution in [0, 0.1) is 5.92 Å². The van der Waals surface area contributed by atoms with Crippen LogP contribution in [0.2, 0.25) is 0 Å². The largest absolute Gasteiger partial charge is 0.342 e. The lowest BCUT2D eigenvalue weighted by molar-refractivity contribution is -0.133. The summed E-state index contributed by atoms with van der Waals surface area (Å²) in [5.74, 6) is 0.472. The molecule has 1 atom stereocenters. The van der Waals surface area contributed by atoms with Gasteiger partial charge < -0.3 is 9.80 Å². The van der Waals surface area contributed by atoms with Crippen molar-refractivity contribution >= 4 is 11.8 Å². The number of aryl methyl sites for hydroxylation is 1. The van der Waals surface area contributed by atoms with Gasteiger partial charge in [-0.25, -0.2) is 0 Å². The number of piperidine rings is 1. The maximum absolute atomic E-state index is 12.6. The molecular formula is C22H31N5O2. The molecule has 156 valence electrons. The van der Waals surface area contributed by atoms with E-state index in [1.54, 1.807) is 15.8 Å². The highest BCUT2D eigenvalue weighted by molar-refractivity contribution is 5.91. The van der Waals surface area contributed by atoms with Crippen molar-refractivity contribution in [2.45, 2.75) is 46.1 Å². The van der Waals surface area contributed by atoms with Crippen LogP contribution in [-0.2, 0) is 17.8 Å². The molecule has 1 aliphatic heterocycles. The highest BCUT2D eigenvalue weighted by atomic mass is 16.2. The topological polar surface area (TPSA) is 71.3 Å². The SMILES string of the molecule is CCN(CC)C(=O)c1cn(C[C@@H]2CCCN(C(=O)CCc3ccccc3)C2)nn1. The van der Waals surface area contributed by atoms with Crippen molar-refractivity contribution in [1.29, 1.82) is 0 Å². The van der Waals surface area contributed by atoms with E-state index >= 15 is 0 Å². The molecule has 0 spiro atoms. The second-order valence-electron chi connectivity index (χ2n) is 7.64. The molecule has 0 N–H and O–H groups in total. The van der Waals surface area contributed by atoms with Gasteiger partial charge in [-0.15, -0.1) is 5.10 Å². The van der Waals surface area contributed by atoms with E-state index in [1.165, 1.54) is 5.56 Å². The average Bonchev–Trinajstić information content (AvgIpc) is 3.22. The lowest BCUT2D eigenvalue weighted by atomic mass is 9.97. The van der Waals surface area contributed by atoms with Crippen LogP contribution < -0.4 is 0 Å². The number of benzene rings is 1. The summed E-state index contributed by atoms with van der Waals surface area (Å²) in [5, 5.41) is 8.20. The number of nitrogens with zero attached hydrogens (tertiary/aromatic N) is 5. The van der Waals surface area contributed by atoms with Crippen LogP contribution in [0.5, 0.6) is 0 Å². The highest BCUT2D eigenvalue weighted by Crippen LogP contribution is 2.19. The van der Waals surface area contributed by atoms with E-state index in [0.717, 1.165) is 32.4 Å². The van der Waals surface area contributed by atoms with Gasteiger partial charge in [0.25, 0.3) is 5.91 Å². The average molecular weight is 398 g/mol. The third-order valence-corrected chi connectivity index (χ3v) is 5.60. The number of aromatic nitrogens is 3. The van der Waals surface area contributed by atoms with Crippen LogP contribution in [0.15, 0.2) is 36.5 Å². The molecule has 2 amide bonds. The Morgan fingerprint density at radius 1 is 1.17 bits per heavy atom. The van der Waals surface area contributed by atoms with Crippen LogP contribution in [0.3, 0.4) is 0 Å². The Balaban J connectivity index is 1.52. The zero-order chi connectivity index (χ0) is 20.6. The number of hydrogen-bond donors (Lipinski definition) is 0. The molecule has 2 aromatic rings. The van der Waals surface area contributed by atoms with Crippen LogP contribution in [0.4, 0.5) is 0 Å². The number of rotatable bonds is 8. The van der Waals surface area contributed by atoms with Gasteiger partial charge in [0, 0.05) is 39.1 Å². The van der Waals surface area contributed by atoms with E-state index < -0.39 is 0 Å². The minimum Gasteiger partial charge on any atom is -0.342 e. The molecule has 0 saturated carbocycles. The molecule has 1 aromatic carbocycles. The van der Waals surface area contributed by atoms with Crippen molar-refractivity contribution in [2.24, 2.45) is 5.92 Å². The first-order chi connectivity index (χ1) is 14.1. The van der Waals surface area contributed by atoms with E-state index in [2.05, 4.69) is 22.4 Å². The lowest BCUT2D eigenvalue weighted by Crippen LogP contribution is -2.41. The predicted octanol–water partition coefficient (Wildman–Crippen LogP) is 2.63. The summed E-state index contributed by atoms with van der Waals surface area (Å²) in [6.45, 7) is 7.48. The fourth-order valence-corrected chi connectivity index (χ4v) is 3.92. The third-order valence-electron chi connectivity index (χ3n) is 5.60. The van der Waals surface area contributed by atoms with Crippen molar-refractivity contribution in [1.82, 2.24) is 24.8 Å². The second kappa shape index (κ2) is 10.2. The van der Waals surface area contributed by atoms with Crippen molar-refractivity contribution in [2.75, 3.05) is 26.2 Å². The molecule has 0 aliphatic carbocycles. The summed E-state index contributed by atoms with van der Waals surface area (Å²) in [5.41, 5.74) is 1.59. The molecule has 1 aromatic heterocycles. The van der Waals surface area contributed by atoms with Gasteiger partial charge in [0.1, 0.15) is 0 Å². The van der Waals surface area contributed by atoms with Crippen LogP contribution in [0.1, 0.15) is 49.2 Å². The minimum absolute atomic E-state index is 0.0809. The first-order valence-electron chi connectivity index (χ1n) is 10.6. The molecule has 3 rings (SSSR count). The van der Waals surface area contributed by atoms with Crippen molar-refractivity contribution in [3.63, 3.8) is 0 Å². The maximum atomic E-state index is 12.6. The van der Waals surface area contributed by atoms with Crippen molar-refractivity contribution < 1.29 is 9.59 Å². The van der Waals surface area contributed by atoms with Crippen LogP contribution in [0.25, 0.3) is 0 Å². The Hall–Kier alpha value is -2.70. The van der Waals surface area contributed by atoms with E-state index in [0.29, 0.717) is 37.7 Å². The molecule has 0 unspecified atom stereocenters. The second-order valence-corrected chi connectivity index (χ2v) is 7.64. The van der Waals surface area contributed by atoms with E-state index in [4.69, 9.17) is 0 Å². The molecule has 7 heteroatoms. The van der Waals surface area contributed by atoms with Crippen LogP contribution >= 0.6 is 0 Å². The molecule has 1 fully saturated rings. The standard InChI is InChI=1S/C22H31N5O2/c1-3-25(4-2)22(29)20-17-27(24-23-20)16-19-11-8-14-26(15-19)21(28)13-12-18-9-6-5-7-10-18/h5-7,9-10,17,19H,3-4,8,11-16H2,1-2H3/t19-/m1/s1. The van der Waals surface area contributed by atoms with Crippen LogP contribution in [-0.4, -0.2) is 62.8 Å². The Labute approximate surface area is 172 Å². The highest BCUT2D eigenvalue weighted by Gasteiger charge is 2.25. The van der Waals surface area contributed by atoms with Gasteiger partial charge in [-0.2, -0.15) is 0 Å². The molecule has 0 radical (unpaired) electrons. The summed E-state index contributed by atoms with van der Waals surface area (Å²) >= 11 is 0. The Kier molecular flexibility index (Phi) is 7.38. The molecule has 1 aliphatic rings. The zero-order valence-corrected chi connectivity index (χ0v) is 17.5. The van der Waals surface area contributed by atoms with Gasteiger partial charge in [-0.1, -0.05) is 35.5 Å². The number of amides is 2. The Bertz CT molecular complexity index is 801. The Morgan fingerprint density at radius 2 is 1.93 bits per heavy atom. The van der Waals surface area contributed by atoms with Crippen molar-refractivity contribution in [3.8, 4) is 0 Å². The normalized spacial score (nSPS) is 16.6. The number of hydrogen-bond acceptors (Lipinski definition) is 4. The minimum atomic E-state index is -0.0809. The maximum Gasteiger partial charge on any atom is 0.276 e. The predicted molar refractivity (Wildman–Crippen MR) is 111 cm³/mol. The number of carbonyl (C=O) groups is 2. The lowest BCUT2D eigenvalue weighted by Gasteiger charge is -2.32. The summed E-state index contributed by atoms with van der Waals surface area (Å²) in [4.78, 5) is 28.8. The smallest absolute Gasteiger partial charge is 0.276 e. The third kappa shape index (κ3) is 5.65. The van der Waals surface area contributed by atoms with E-state index in [1.807, 2.05) is 36.9 Å². The molecule has 0 bridgehead atoms. The zero-order valence-electron chi connectivity index (χ0n) is 17.5.